The SMILES string of the molecule is Cc1ccncc1CCCC[C@@]1(c2ccncc2)CCOC2(CCCC2)C1. The van der Waals surface area contributed by atoms with Crippen molar-refractivity contribution >= 4 is 0 Å². The van der Waals surface area contributed by atoms with Crippen molar-refractivity contribution < 1.29 is 4.74 Å². The molecule has 0 amide bonds. The van der Waals surface area contributed by atoms with Crippen LogP contribution < -0.4 is 0 Å². The van der Waals surface area contributed by atoms with Gasteiger partial charge >= 0.3 is 0 Å². The van der Waals surface area contributed by atoms with Gasteiger partial charge in [-0.05, 0) is 86.8 Å². The zero-order chi connectivity index (χ0) is 18.6. The van der Waals surface area contributed by atoms with Crippen molar-refractivity contribution in [1.82, 2.24) is 9.97 Å². The molecule has 144 valence electrons. The zero-order valence-corrected chi connectivity index (χ0v) is 16.6. The van der Waals surface area contributed by atoms with Gasteiger partial charge in [-0.15, -0.1) is 0 Å². The van der Waals surface area contributed by atoms with Crippen LogP contribution in [-0.4, -0.2) is 22.2 Å². The first-order chi connectivity index (χ1) is 13.2. The molecule has 2 aromatic heterocycles. The summed E-state index contributed by atoms with van der Waals surface area (Å²) in [5.41, 5.74) is 4.64. The van der Waals surface area contributed by atoms with E-state index in [-0.39, 0.29) is 11.0 Å². The molecule has 3 nitrogen and oxygen atoms in total. The van der Waals surface area contributed by atoms with E-state index in [4.69, 9.17) is 4.74 Å². The van der Waals surface area contributed by atoms with Crippen LogP contribution in [0.15, 0.2) is 43.0 Å². The molecule has 0 bridgehead atoms. The standard InChI is InChI=1S/C24H32N2O/c1-20-7-14-26-18-21(20)6-2-3-10-23(22-8-15-25-16-9-22)13-17-27-24(19-23)11-4-5-12-24/h7-9,14-16,18H,2-6,10-13,17,19H2,1H3/t23-/m1/s1. The van der Waals surface area contributed by atoms with Crippen LogP contribution in [0.5, 0.6) is 0 Å². The van der Waals surface area contributed by atoms with Crippen molar-refractivity contribution in [2.75, 3.05) is 6.61 Å². The molecule has 2 aromatic rings. The van der Waals surface area contributed by atoms with Crippen LogP contribution in [0.3, 0.4) is 0 Å². The summed E-state index contributed by atoms with van der Waals surface area (Å²) in [5.74, 6) is 0. The Morgan fingerprint density at radius 2 is 1.74 bits per heavy atom. The topological polar surface area (TPSA) is 35.0 Å². The van der Waals surface area contributed by atoms with Crippen molar-refractivity contribution in [1.29, 1.82) is 0 Å². The Labute approximate surface area is 163 Å². The Balaban J connectivity index is 1.46. The minimum atomic E-state index is 0.140. The lowest BCUT2D eigenvalue weighted by atomic mass is 9.65. The Bertz CT molecular complexity index is 739. The Kier molecular flexibility index (Phi) is 5.58. The van der Waals surface area contributed by atoms with E-state index in [0.717, 1.165) is 19.4 Å². The predicted octanol–water partition coefficient (Wildman–Crippen LogP) is 5.56. The van der Waals surface area contributed by atoms with Gasteiger partial charge in [0.2, 0.25) is 0 Å². The molecule has 0 aromatic carbocycles. The van der Waals surface area contributed by atoms with E-state index in [1.807, 2.05) is 24.8 Å². The normalized spacial score (nSPS) is 24.3. The summed E-state index contributed by atoms with van der Waals surface area (Å²) >= 11 is 0. The quantitative estimate of drug-likeness (QED) is 0.630. The zero-order valence-electron chi connectivity index (χ0n) is 16.6. The number of hydrogen-bond donors (Lipinski definition) is 0. The summed E-state index contributed by atoms with van der Waals surface area (Å²) in [5, 5.41) is 0. The largest absolute Gasteiger partial charge is 0.375 e. The van der Waals surface area contributed by atoms with E-state index in [2.05, 4.69) is 35.1 Å². The van der Waals surface area contributed by atoms with Gasteiger partial charge in [0, 0.05) is 36.8 Å². The Morgan fingerprint density at radius 3 is 2.52 bits per heavy atom. The molecule has 3 heteroatoms. The monoisotopic (exact) mass is 364 g/mol. The van der Waals surface area contributed by atoms with Gasteiger partial charge in [0.1, 0.15) is 0 Å². The molecule has 1 saturated heterocycles. The lowest BCUT2D eigenvalue weighted by Crippen LogP contribution is -2.46. The first kappa shape index (κ1) is 18.6. The van der Waals surface area contributed by atoms with Gasteiger partial charge in [0.15, 0.2) is 0 Å². The van der Waals surface area contributed by atoms with Crippen molar-refractivity contribution in [3.05, 3.63) is 59.7 Å². The van der Waals surface area contributed by atoms with Gasteiger partial charge in [-0.25, -0.2) is 0 Å². The summed E-state index contributed by atoms with van der Waals surface area (Å²) in [7, 11) is 0. The molecule has 1 aliphatic heterocycles. The predicted molar refractivity (Wildman–Crippen MR) is 109 cm³/mol. The molecule has 1 atom stereocenters. The van der Waals surface area contributed by atoms with Gasteiger partial charge < -0.3 is 4.74 Å². The summed E-state index contributed by atoms with van der Waals surface area (Å²) in [6, 6.07) is 6.62. The van der Waals surface area contributed by atoms with Crippen molar-refractivity contribution in [3.63, 3.8) is 0 Å². The average Bonchev–Trinajstić information content (AvgIpc) is 3.14. The molecule has 2 fully saturated rings. The number of pyridine rings is 2. The van der Waals surface area contributed by atoms with Crippen molar-refractivity contribution in [2.24, 2.45) is 0 Å². The van der Waals surface area contributed by atoms with Gasteiger partial charge in [0.05, 0.1) is 5.60 Å². The minimum Gasteiger partial charge on any atom is -0.375 e. The Hall–Kier alpha value is -1.74. The van der Waals surface area contributed by atoms with Crippen LogP contribution in [0.25, 0.3) is 0 Å². The second-order valence-corrected chi connectivity index (χ2v) is 8.69. The second kappa shape index (κ2) is 8.10. The highest BCUT2D eigenvalue weighted by molar-refractivity contribution is 5.26. The van der Waals surface area contributed by atoms with Crippen LogP contribution in [0.4, 0.5) is 0 Å². The molecule has 2 aliphatic rings. The van der Waals surface area contributed by atoms with E-state index in [1.54, 1.807) is 0 Å². The highest BCUT2D eigenvalue weighted by Crippen LogP contribution is 2.50. The molecule has 1 aliphatic carbocycles. The van der Waals surface area contributed by atoms with E-state index in [1.165, 1.54) is 68.1 Å². The molecule has 0 radical (unpaired) electrons. The summed E-state index contributed by atoms with van der Waals surface area (Å²) in [6.07, 6.45) is 20.2. The highest BCUT2D eigenvalue weighted by atomic mass is 16.5. The molecule has 1 saturated carbocycles. The smallest absolute Gasteiger partial charge is 0.0691 e. The van der Waals surface area contributed by atoms with Crippen LogP contribution in [-0.2, 0) is 16.6 Å². The molecule has 1 spiro atoms. The number of aryl methyl sites for hydroxylation is 2. The van der Waals surface area contributed by atoms with E-state index in [0.29, 0.717) is 0 Å². The Morgan fingerprint density at radius 1 is 0.963 bits per heavy atom. The summed E-state index contributed by atoms with van der Waals surface area (Å²) in [4.78, 5) is 8.57. The molecular formula is C24H32N2O. The number of rotatable bonds is 6. The lowest BCUT2D eigenvalue weighted by molar-refractivity contribution is -0.104. The van der Waals surface area contributed by atoms with E-state index >= 15 is 0 Å². The maximum absolute atomic E-state index is 6.37. The molecule has 0 unspecified atom stereocenters. The third kappa shape index (κ3) is 4.08. The third-order valence-corrected chi connectivity index (χ3v) is 6.96. The number of nitrogens with zero attached hydrogens (tertiary/aromatic N) is 2. The van der Waals surface area contributed by atoms with Crippen LogP contribution >= 0.6 is 0 Å². The van der Waals surface area contributed by atoms with Gasteiger partial charge in [0.25, 0.3) is 0 Å². The number of unbranched alkanes of at least 4 members (excludes halogenated alkanes) is 1. The van der Waals surface area contributed by atoms with E-state index < -0.39 is 0 Å². The maximum atomic E-state index is 6.37. The molecule has 0 N–H and O–H groups in total. The molecular weight excluding hydrogens is 332 g/mol. The third-order valence-electron chi connectivity index (χ3n) is 6.96. The molecule has 3 heterocycles. The van der Waals surface area contributed by atoms with Crippen molar-refractivity contribution in [3.8, 4) is 0 Å². The van der Waals surface area contributed by atoms with Gasteiger partial charge in [-0.3, -0.25) is 9.97 Å². The highest BCUT2D eigenvalue weighted by Gasteiger charge is 2.47. The molecule has 4 rings (SSSR count). The number of hydrogen-bond acceptors (Lipinski definition) is 3. The van der Waals surface area contributed by atoms with Crippen LogP contribution in [0, 0.1) is 6.92 Å². The fourth-order valence-corrected chi connectivity index (χ4v) is 5.41. The average molecular weight is 365 g/mol. The fraction of sp³-hybridized carbons (Fsp3) is 0.583. The lowest BCUT2D eigenvalue weighted by Gasteiger charge is -2.47. The van der Waals surface area contributed by atoms with Gasteiger partial charge in [-0.1, -0.05) is 19.3 Å². The van der Waals surface area contributed by atoms with Crippen molar-refractivity contribution in [2.45, 2.75) is 82.1 Å². The minimum absolute atomic E-state index is 0.140. The maximum Gasteiger partial charge on any atom is 0.0691 e. The van der Waals surface area contributed by atoms with E-state index in [9.17, 15) is 0 Å². The van der Waals surface area contributed by atoms with Gasteiger partial charge in [-0.2, -0.15) is 0 Å². The van der Waals surface area contributed by atoms with Crippen LogP contribution in [0.2, 0.25) is 0 Å². The summed E-state index contributed by atoms with van der Waals surface area (Å²) < 4.78 is 6.37. The number of ether oxygens (including phenoxy) is 1. The second-order valence-electron chi connectivity index (χ2n) is 8.69. The summed E-state index contributed by atoms with van der Waals surface area (Å²) in [6.45, 7) is 3.10. The molecule has 27 heavy (non-hydrogen) atoms. The first-order valence-electron chi connectivity index (χ1n) is 10.7. The first-order valence-corrected chi connectivity index (χ1v) is 10.7. The van der Waals surface area contributed by atoms with Crippen LogP contribution in [0.1, 0.15) is 74.5 Å². The fourth-order valence-electron chi connectivity index (χ4n) is 5.41. The number of aromatic nitrogens is 2.